The summed E-state index contributed by atoms with van der Waals surface area (Å²) in [6.07, 6.45) is 6.11. The molecule has 2 saturated heterocycles. The van der Waals surface area contributed by atoms with Crippen LogP contribution in [0.5, 0.6) is 0 Å². The number of hydrogen-bond donors (Lipinski definition) is 0. The van der Waals surface area contributed by atoms with Crippen LogP contribution >= 0.6 is 0 Å². The molecular formula is C21H25FN4O2. The van der Waals surface area contributed by atoms with Gasteiger partial charge in [0, 0.05) is 43.7 Å². The maximum Gasteiger partial charge on any atom is 0.227 e. The first-order valence-electron chi connectivity index (χ1n) is 10.1. The average Bonchev–Trinajstić information content (AvgIpc) is 3.33. The van der Waals surface area contributed by atoms with Crippen molar-refractivity contribution < 1.29 is 13.9 Å². The largest absolute Gasteiger partial charge is 0.381 e. The zero-order chi connectivity index (χ0) is 19.1. The number of carbonyl (C=O) groups excluding carboxylic acids is 1. The van der Waals surface area contributed by atoms with Crippen LogP contribution in [0.4, 0.5) is 4.39 Å². The Morgan fingerprint density at radius 3 is 2.79 bits per heavy atom. The summed E-state index contributed by atoms with van der Waals surface area (Å²) in [5.41, 5.74) is 0.432. The van der Waals surface area contributed by atoms with Crippen LogP contribution < -0.4 is 0 Å². The Labute approximate surface area is 163 Å². The maximum atomic E-state index is 14.0. The number of nitrogens with zero attached hydrogens (tertiary/aromatic N) is 4. The second kappa shape index (κ2) is 6.95. The summed E-state index contributed by atoms with van der Waals surface area (Å²) < 4.78 is 21.9. The van der Waals surface area contributed by atoms with Gasteiger partial charge in [0.05, 0.1) is 6.42 Å². The van der Waals surface area contributed by atoms with Crippen LogP contribution in [0.25, 0.3) is 0 Å². The fourth-order valence-electron chi connectivity index (χ4n) is 4.85. The van der Waals surface area contributed by atoms with Gasteiger partial charge in [-0.2, -0.15) is 0 Å². The van der Waals surface area contributed by atoms with Crippen LogP contribution in [-0.4, -0.2) is 51.9 Å². The van der Waals surface area contributed by atoms with Crippen molar-refractivity contribution in [2.24, 2.45) is 5.41 Å². The molecule has 28 heavy (non-hydrogen) atoms. The third kappa shape index (κ3) is 3.11. The Morgan fingerprint density at radius 1 is 1.25 bits per heavy atom. The van der Waals surface area contributed by atoms with Gasteiger partial charge in [-0.3, -0.25) is 4.79 Å². The molecule has 1 atom stereocenters. The summed E-state index contributed by atoms with van der Waals surface area (Å²) in [6, 6.07) is 7.03. The first-order valence-corrected chi connectivity index (χ1v) is 10.1. The van der Waals surface area contributed by atoms with Gasteiger partial charge in [0.25, 0.3) is 0 Å². The van der Waals surface area contributed by atoms with Gasteiger partial charge < -0.3 is 14.2 Å². The summed E-state index contributed by atoms with van der Waals surface area (Å²) >= 11 is 0. The molecule has 3 fully saturated rings. The van der Waals surface area contributed by atoms with Crippen LogP contribution in [0.3, 0.4) is 0 Å². The van der Waals surface area contributed by atoms with Crippen molar-refractivity contribution in [1.82, 2.24) is 19.7 Å². The van der Waals surface area contributed by atoms with E-state index in [2.05, 4.69) is 14.8 Å². The second-order valence-electron chi connectivity index (χ2n) is 8.40. The van der Waals surface area contributed by atoms with E-state index in [1.807, 2.05) is 11.2 Å². The van der Waals surface area contributed by atoms with Crippen molar-refractivity contribution in [2.75, 3.05) is 26.3 Å². The second-order valence-corrected chi connectivity index (χ2v) is 8.40. The first-order chi connectivity index (χ1) is 13.7. The Morgan fingerprint density at radius 2 is 2.04 bits per heavy atom. The van der Waals surface area contributed by atoms with Crippen LogP contribution in [-0.2, 0) is 16.0 Å². The smallest absolute Gasteiger partial charge is 0.227 e. The molecule has 1 aromatic heterocycles. The van der Waals surface area contributed by atoms with E-state index in [-0.39, 0.29) is 29.5 Å². The standard InChI is InChI=1S/C21H25FN4O2/c22-18-4-2-1-3-15(18)11-19(27)25-12-17(21(13-25)7-9-28-10-8-21)20-24-23-14-26(20)16-5-6-16/h1-4,14,16-17H,5-13H2. The molecule has 1 amide bonds. The molecule has 1 aromatic carbocycles. The number of amides is 1. The summed E-state index contributed by atoms with van der Waals surface area (Å²) in [6.45, 7) is 2.73. The van der Waals surface area contributed by atoms with Gasteiger partial charge in [0.15, 0.2) is 0 Å². The predicted octanol–water partition coefficient (Wildman–Crippen LogP) is 2.72. The Bertz CT molecular complexity index is 873. The molecule has 0 bridgehead atoms. The molecular weight excluding hydrogens is 359 g/mol. The third-order valence-electron chi connectivity index (χ3n) is 6.64. The molecule has 6 nitrogen and oxygen atoms in total. The molecule has 0 N–H and O–H groups in total. The highest BCUT2D eigenvalue weighted by atomic mass is 19.1. The highest BCUT2D eigenvalue weighted by Gasteiger charge is 2.51. The first kappa shape index (κ1) is 17.8. The minimum Gasteiger partial charge on any atom is -0.381 e. The number of benzene rings is 1. The number of halogens is 1. The maximum absolute atomic E-state index is 14.0. The SMILES string of the molecule is O=C(Cc1ccccc1F)N1CC(c2nncn2C2CC2)C2(CCOCC2)C1. The van der Waals surface area contributed by atoms with Gasteiger partial charge >= 0.3 is 0 Å². The van der Waals surface area contributed by atoms with E-state index < -0.39 is 0 Å². The predicted molar refractivity (Wildman–Crippen MR) is 100 cm³/mol. The lowest BCUT2D eigenvalue weighted by atomic mass is 9.71. The van der Waals surface area contributed by atoms with E-state index in [1.165, 1.54) is 18.9 Å². The molecule has 3 heterocycles. The summed E-state index contributed by atoms with van der Waals surface area (Å²) in [5.74, 6) is 0.825. The van der Waals surface area contributed by atoms with E-state index in [4.69, 9.17) is 4.74 Å². The zero-order valence-corrected chi connectivity index (χ0v) is 15.9. The molecule has 1 saturated carbocycles. The average molecular weight is 384 g/mol. The van der Waals surface area contributed by atoms with Crippen molar-refractivity contribution in [1.29, 1.82) is 0 Å². The van der Waals surface area contributed by atoms with Crippen LogP contribution in [0.15, 0.2) is 30.6 Å². The Hall–Kier alpha value is -2.28. The van der Waals surface area contributed by atoms with Gasteiger partial charge in [0.1, 0.15) is 18.0 Å². The summed E-state index contributed by atoms with van der Waals surface area (Å²) in [7, 11) is 0. The van der Waals surface area contributed by atoms with E-state index in [1.54, 1.807) is 18.2 Å². The topological polar surface area (TPSA) is 60.2 Å². The van der Waals surface area contributed by atoms with Gasteiger partial charge in [0.2, 0.25) is 5.91 Å². The third-order valence-corrected chi connectivity index (χ3v) is 6.64. The van der Waals surface area contributed by atoms with Gasteiger partial charge in [-0.25, -0.2) is 4.39 Å². The molecule has 2 aromatic rings. The molecule has 5 rings (SSSR count). The molecule has 1 unspecified atom stereocenters. The van der Waals surface area contributed by atoms with Crippen molar-refractivity contribution in [3.63, 3.8) is 0 Å². The van der Waals surface area contributed by atoms with Gasteiger partial charge in [-0.1, -0.05) is 18.2 Å². The molecule has 7 heteroatoms. The van der Waals surface area contributed by atoms with Crippen molar-refractivity contribution in [3.8, 4) is 0 Å². The molecule has 1 aliphatic carbocycles. The summed E-state index contributed by atoms with van der Waals surface area (Å²) in [4.78, 5) is 14.9. The lowest BCUT2D eigenvalue weighted by molar-refractivity contribution is -0.130. The number of likely N-dealkylation sites (tertiary alicyclic amines) is 1. The van der Waals surface area contributed by atoms with Crippen molar-refractivity contribution in [2.45, 2.75) is 44.1 Å². The fraction of sp³-hybridized carbons (Fsp3) is 0.571. The highest BCUT2D eigenvalue weighted by Crippen LogP contribution is 2.50. The lowest BCUT2D eigenvalue weighted by Gasteiger charge is -2.37. The monoisotopic (exact) mass is 384 g/mol. The van der Waals surface area contributed by atoms with Crippen molar-refractivity contribution in [3.05, 3.63) is 47.8 Å². The zero-order valence-electron chi connectivity index (χ0n) is 15.9. The van der Waals surface area contributed by atoms with Crippen LogP contribution in [0.2, 0.25) is 0 Å². The molecule has 1 spiro atoms. The van der Waals surface area contributed by atoms with E-state index in [0.29, 0.717) is 37.9 Å². The van der Waals surface area contributed by atoms with E-state index >= 15 is 0 Å². The normalized spacial score (nSPS) is 24.0. The van der Waals surface area contributed by atoms with Crippen LogP contribution in [0.1, 0.15) is 49.0 Å². The van der Waals surface area contributed by atoms with Crippen molar-refractivity contribution >= 4 is 5.91 Å². The van der Waals surface area contributed by atoms with E-state index in [9.17, 15) is 9.18 Å². The number of carbonyl (C=O) groups is 1. The highest BCUT2D eigenvalue weighted by molar-refractivity contribution is 5.79. The Kier molecular flexibility index (Phi) is 4.42. The fourth-order valence-corrected chi connectivity index (χ4v) is 4.85. The van der Waals surface area contributed by atoms with Gasteiger partial charge in [-0.15, -0.1) is 10.2 Å². The molecule has 3 aliphatic rings. The summed E-state index contributed by atoms with van der Waals surface area (Å²) in [5, 5.41) is 8.66. The number of hydrogen-bond acceptors (Lipinski definition) is 4. The molecule has 0 radical (unpaired) electrons. The van der Waals surface area contributed by atoms with Crippen LogP contribution in [0, 0.1) is 11.2 Å². The Balaban J connectivity index is 1.41. The number of rotatable bonds is 4. The van der Waals surface area contributed by atoms with Gasteiger partial charge in [-0.05, 0) is 37.3 Å². The quantitative estimate of drug-likeness (QED) is 0.813. The number of ether oxygens (including phenoxy) is 1. The minimum atomic E-state index is -0.319. The molecule has 148 valence electrons. The molecule has 2 aliphatic heterocycles. The number of aromatic nitrogens is 3. The minimum absolute atomic E-state index is 0.0176. The van der Waals surface area contributed by atoms with E-state index in [0.717, 1.165) is 18.7 Å². The lowest BCUT2D eigenvalue weighted by Crippen LogP contribution is -2.38.